The third-order valence-electron chi connectivity index (χ3n) is 2.71. The zero-order valence-corrected chi connectivity index (χ0v) is 11.5. The van der Waals surface area contributed by atoms with Gasteiger partial charge in [0, 0.05) is 22.3 Å². The molecule has 2 aromatic rings. The largest absolute Gasteiger partial charge is 0.496 e. The summed E-state index contributed by atoms with van der Waals surface area (Å²) >= 11 is 1.37. The first-order valence-electron chi connectivity index (χ1n) is 5.81. The highest BCUT2D eigenvalue weighted by atomic mass is 32.2. The van der Waals surface area contributed by atoms with Gasteiger partial charge in [0.1, 0.15) is 5.75 Å². The monoisotopic (exact) mass is 293 g/mol. The fourth-order valence-electron chi connectivity index (χ4n) is 1.71. The smallest absolute Gasteiger partial charge is 0.305 e. The molecule has 0 heterocycles. The van der Waals surface area contributed by atoms with E-state index in [1.165, 1.54) is 17.8 Å². The van der Waals surface area contributed by atoms with E-state index >= 15 is 0 Å². The van der Waals surface area contributed by atoms with Crippen molar-refractivity contribution in [3.63, 3.8) is 0 Å². The first-order valence-corrected chi connectivity index (χ1v) is 6.79. The second-order valence-electron chi connectivity index (χ2n) is 3.95. The SMILES string of the molecule is COc1ccccc1SCc1cccc([N+](=O)[O-])c1F. The predicted octanol–water partition coefficient (Wildman–Crippen LogP) is 4.03. The Labute approximate surface area is 119 Å². The van der Waals surface area contributed by atoms with Crippen LogP contribution < -0.4 is 4.74 Å². The van der Waals surface area contributed by atoms with Gasteiger partial charge < -0.3 is 4.74 Å². The van der Waals surface area contributed by atoms with Crippen molar-refractivity contribution in [3.05, 3.63) is 64.0 Å². The number of halogens is 1. The number of hydrogen-bond acceptors (Lipinski definition) is 4. The minimum Gasteiger partial charge on any atom is -0.496 e. The van der Waals surface area contributed by atoms with Crippen LogP contribution in [0.4, 0.5) is 10.1 Å². The molecule has 2 rings (SSSR count). The maximum atomic E-state index is 13.9. The maximum Gasteiger partial charge on any atom is 0.305 e. The van der Waals surface area contributed by atoms with Crippen molar-refractivity contribution in [2.75, 3.05) is 7.11 Å². The molecule has 0 aliphatic rings. The highest BCUT2D eigenvalue weighted by Crippen LogP contribution is 2.32. The van der Waals surface area contributed by atoms with Crippen LogP contribution in [0.2, 0.25) is 0 Å². The van der Waals surface area contributed by atoms with E-state index in [0.717, 1.165) is 11.0 Å². The first-order chi connectivity index (χ1) is 9.63. The highest BCUT2D eigenvalue weighted by molar-refractivity contribution is 7.98. The molecular weight excluding hydrogens is 281 g/mol. The molecule has 0 aliphatic carbocycles. The number of thioether (sulfide) groups is 1. The zero-order chi connectivity index (χ0) is 14.5. The van der Waals surface area contributed by atoms with Crippen molar-refractivity contribution in [1.82, 2.24) is 0 Å². The Kier molecular flexibility index (Phi) is 4.57. The van der Waals surface area contributed by atoms with Crippen LogP contribution in [0, 0.1) is 15.9 Å². The van der Waals surface area contributed by atoms with Crippen molar-refractivity contribution in [2.45, 2.75) is 10.6 Å². The second kappa shape index (κ2) is 6.38. The van der Waals surface area contributed by atoms with E-state index < -0.39 is 16.4 Å². The van der Waals surface area contributed by atoms with Gasteiger partial charge in [-0.15, -0.1) is 11.8 Å². The molecule has 104 valence electrons. The molecule has 2 aromatic carbocycles. The van der Waals surface area contributed by atoms with E-state index in [1.807, 2.05) is 24.3 Å². The standard InChI is InChI=1S/C14H12FNO3S/c1-19-12-7-2-3-8-13(12)20-9-10-5-4-6-11(14(10)15)16(17)18/h2-8H,9H2,1H3. The lowest BCUT2D eigenvalue weighted by atomic mass is 10.2. The third kappa shape index (κ3) is 3.08. The van der Waals surface area contributed by atoms with Crippen molar-refractivity contribution >= 4 is 17.4 Å². The Bertz CT molecular complexity index is 634. The van der Waals surface area contributed by atoms with E-state index in [2.05, 4.69) is 0 Å². The summed E-state index contributed by atoms with van der Waals surface area (Å²) in [6.07, 6.45) is 0. The second-order valence-corrected chi connectivity index (χ2v) is 4.96. The Morgan fingerprint density at radius 1 is 1.25 bits per heavy atom. The Hall–Kier alpha value is -2.08. The average Bonchev–Trinajstić information content (AvgIpc) is 2.46. The van der Waals surface area contributed by atoms with E-state index in [9.17, 15) is 14.5 Å². The minimum absolute atomic E-state index is 0.299. The van der Waals surface area contributed by atoms with Crippen LogP contribution in [0.1, 0.15) is 5.56 Å². The van der Waals surface area contributed by atoms with Crippen LogP contribution in [0.25, 0.3) is 0 Å². The van der Waals surface area contributed by atoms with Crippen LogP contribution in [0.5, 0.6) is 5.75 Å². The summed E-state index contributed by atoms with van der Waals surface area (Å²) in [7, 11) is 1.56. The fourth-order valence-corrected chi connectivity index (χ4v) is 2.71. The van der Waals surface area contributed by atoms with Crippen molar-refractivity contribution < 1.29 is 14.1 Å². The van der Waals surface area contributed by atoms with Crippen molar-refractivity contribution in [1.29, 1.82) is 0 Å². The van der Waals surface area contributed by atoms with E-state index in [-0.39, 0.29) is 0 Å². The summed E-state index contributed by atoms with van der Waals surface area (Å²) in [6, 6.07) is 11.6. The Morgan fingerprint density at radius 2 is 2.00 bits per heavy atom. The average molecular weight is 293 g/mol. The molecule has 0 aliphatic heterocycles. The topological polar surface area (TPSA) is 52.4 Å². The number of methoxy groups -OCH3 is 1. The third-order valence-corrected chi connectivity index (χ3v) is 3.81. The minimum atomic E-state index is -0.778. The van der Waals surface area contributed by atoms with Gasteiger partial charge in [-0.3, -0.25) is 10.1 Å². The van der Waals surface area contributed by atoms with E-state index in [1.54, 1.807) is 13.2 Å². The molecule has 0 fully saturated rings. The fraction of sp³-hybridized carbons (Fsp3) is 0.143. The zero-order valence-electron chi connectivity index (χ0n) is 10.7. The van der Waals surface area contributed by atoms with Crippen LogP contribution in [0.3, 0.4) is 0 Å². The molecule has 0 saturated carbocycles. The molecule has 0 atom stereocenters. The van der Waals surface area contributed by atoms with E-state index in [0.29, 0.717) is 17.1 Å². The number of nitro groups is 1. The summed E-state index contributed by atoms with van der Waals surface area (Å²) in [5, 5.41) is 10.7. The van der Waals surface area contributed by atoms with Crippen LogP contribution >= 0.6 is 11.8 Å². The van der Waals surface area contributed by atoms with Gasteiger partial charge in [-0.2, -0.15) is 4.39 Å². The molecule has 20 heavy (non-hydrogen) atoms. The van der Waals surface area contributed by atoms with Gasteiger partial charge in [0.25, 0.3) is 0 Å². The molecule has 6 heteroatoms. The van der Waals surface area contributed by atoms with Gasteiger partial charge in [-0.05, 0) is 12.1 Å². The van der Waals surface area contributed by atoms with Gasteiger partial charge >= 0.3 is 5.69 Å². The van der Waals surface area contributed by atoms with Crippen LogP contribution in [-0.2, 0) is 5.75 Å². The molecule has 0 amide bonds. The summed E-state index contributed by atoms with van der Waals surface area (Å²) in [4.78, 5) is 10.8. The number of nitro benzene ring substituents is 1. The lowest BCUT2D eigenvalue weighted by Crippen LogP contribution is -1.96. The molecule has 0 bridgehead atoms. The summed E-state index contributed by atoms with van der Waals surface area (Å²) in [5.74, 6) is 0.219. The Balaban J connectivity index is 2.19. The number of nitrogens with zero attached hydrogens (tertiary/aromatic N) is 1. The van der Waals surface area contributed by atoms with Gasteiger partial charge in [0.15, 0.2) is 0 Å². The quantitative estimate of drug-likeness (QED) is 0.474. The van der Waals surface area contributed by atoms with Gasteiger partial charge in [-0.1, -0.05) is 24.3 Å². The van der Waals surface area contributed by atoms with E-state index in [4.69, 9.17) is 4.74 Å². The first kappa shape index (κ1) is 14.3. The maximum absolute atomic E-state index is 13.9. The van der Waals surface area contributed by atoms with Gasteiger partial charge in [-0.25, -0.2) is 0 Å². The molecule has 0 radical (unpaired) electrons. The normalized spacial score (nSPS) is 10.3. The molecule has 0 saturated heterocycles. The van der Waals surface area contributed by atoms with Crippen LogP contribution in [0.15, 0.2) is 47.4 Å². The lowest BCUT2D eigenvalue weighted by molar-refractivity contribution is -0.387. The summed E-state index contributed by atoms with van der Waals surface area (Å²) < 4.78 is 19.1. The summed E-state index contributed by atoms with van der Waals surface area (Å²) in [6.45, 7) is 0. The van der Waals surface area contributed by atoms with Crippen LogP contribution in [-0.4, -0.2) is 12.0 Å². The predicted molar refractivity (Wildman–Crippen MR) is 75.6 cm³/mol. The highest BCUT2D eigenvalue weighted by Gasteiger charge is 2.17. The molecule has 0 spiro atoms. The molecule has 4 nitrogen and oxygen atoms in total. The Morgan fingerprint density at radius 3 is 2.70 bits per heavy atom. The molecule has 0 N–H and O–H groups in total. The number of hydrogen-bond donors (Lipinski definition) is 0. The molecular formula is C14H12FNO3S. The van der Waals surface area contributed by atoms with Gasteiger partial charge in [0.05, 0.1) is 12.0 Å². The number of para-hydroxylation sites is 1. The van der Waals surface area contributed by atoms with Gasteiger partial charge in [0.2, 0.25) is 5.82 Å². The molecule has 0 unspecified atom stereocenters. The lowest BCUT2D eigenvalue weighted by Gasteiger charge is -2.08. The van der Waals surface area contributed by atoms with Crippen molar-refractivity contribution in [2.24, 2.45) is 0 Å². The molecule has 0 aromatic heterocycles. The number of benzene rings is 2. The summed E-state index contributed by atoms with van der Waals surface area (Å²) in [5.41, 5.74) is -0.196. The number of ether oxygens (including phenoxy) is 1. The number of rotatable bonds is 5. The van der Waals surface area contributed by atoms with Crippen molar-refractivity contribution in [3.8, 4) is 5.75 Å².